The van der Waals surface area contributed by atoms with Crippen LogP contribution in [0, 0.1) is 52.3 Å². The minimum absolute atomic E-state index is 0.0000676. The average Bonchev–Trinajstić information content (AvgIpc) is 3.96. The highest BCUT2D eigenvalue weighted by atomic mass is 16.7. The number of fused-ring (bicyclic) bond motifs is 5. The summed E-state index contributed by atoms with van der Waals surface area (Å²) in [5.74, 6) is -3.46. The van der Waals surface area contributed by atoms with Crippen molar-refractivity contribution in [2.45, 2.75) is 250 Å². The Kier molecular flexibility index (Phi) is 19.7. The van der Waals surface area contributed by atoms with Gasteiger partial charge < -0.3 is 69.3 Å². The number of hydrogen-bond acceptors (Lipinski definition) is 17. The van der Waals surface area contributed by atoms with Gasteiger partial charge in [0.15, 0.2) is 18.4 Å². The third-order valence-electron chi connectivity index (χ3n) is 21.6. The van der Waals surface area contributed by atoms with Gasteiger partial charge in [-0.25, -0.2) is 0 Å². The molecule has 18 nitrogen and oxygen atoms in total. The van der Waals surface area contributed by atoms with E-state index in [0.29, 0.717) is 38.8 Å². The zero-order valence-corrected chi connectivity index (χ0v) is 50.6. The second-order valence-corrected chi connectivity index (χ2v) is 27.3. The fourth-order valence-corrected chi connectivity index (χ4v) is 16.4. The molecule has 0 spiro atoms. The number of allylic oxidation sites excluding steroid dienone is 4. The molecule has 3 saturated carbocycles. The van der Waals surface area contributed by atoms with E-state index in [1.54, 1.807) is 47.0 Å². The Bertz CT molecular complexity index is 2210. The first-order valence-electron chi connectivity index (χ1n) is 29.9. The predicted molar refractivity (Wildman–Crippen MR) is 297 cm³/mol. The number of aliphatic hydroxyl groups excluding tert-OH is 3. The summed E-state index contributed by atoms with van der Waals surface area (Å²) in [5.41, 5.74) is -6.33. The highest BCUT2D eigenvalue weighted by molar-refractivity contribution is 6.01. The number of amides is 1. The molecule has 0 aromatic carbocycles. The smallest absolute Gasteiger partial charge is 0.311 e. The Hall–Kier alpha value is -2.43. The van der Waals surface area contributed by atoms with Crippen LogP contribution in [0.15, 0.2) is 23.8 Å². The molecule has 452 valence electrons. The second-order valence-electron chi connectivity index (χ2n) is 27.3. The molecule has 7 N–H and O–H groups in total. The van der Waals surface area contributed by atoms with Crippen molar-refractivity contribution in [1.29, 1.82) is 0 Å². The first-order chi connectivity index (χ1) is 36.7. The minimum atomic E-state index is -1.95. The van der Waals surface area contributed by atoms with Crippen molar-refractivity contribution in [3.63, 3.8) is 0 Å². The quantitative estimate of drug-likeness (QED) is 0.0997. The lowest BCUT2D eigenvalue weighted by molar-refractivity contribution is -0.313. The molecule has 3 aliphatic heterocycles. The van der Waals surface area contributed by atoms with Gasteiger partial charge in [-0.1, -0.05) is 53.2 Å². The molecular formula is C61H103N3O15. The van der Waals surface area contributed by atoms with E-state index in [-0.39, 0.29) is 85.9 Å². The van der Waals surface area contributed by atoms with Crippen molar-refractivity contribution < 1.29 is 73.4 Å². The maximum absolute atomic E-state index is 14.8. The van der Waals surface area contributed by atoms with Crippen molar-refractivity contribution in [2.75, 3.05) is 40.8 Å². The van der Waals surface area contributed by atoms with Crippen LogP contribution < -0.4 is 5.32 Å². The van der Waals surface area contributed by atoms with E-state index in [1.807, 2.05) is 71.5 Å². The number of ether oxygens (including phenoxy) is 6. The van der Waals surface area contributed by atoms with Crippen molar-refractivity contribution in [2.24, 2.45) is 52.3 Å². The highest BCUT2D eigenvalue weighted by Gasteiger charge is 2.68. The maximum atomic E-state index is 14.8. The first kappa shape index (κ1) is 64.1. The topological polar surface area (TPSA) is 246 Å². The largest absolute Gasteiger partial charge is 0.459 e. The lowest BCUT2D eigenvalue weighted by Crippen LogP contribution is -2.63. The zero-order valence-electron chi connectivity index (χ0n) is 50.6. The molecule has 6 fully saturated rings. The molecule has 3 saturated heterocycles. The lowest BCUT2D eigenvalue weighted by atomic mass is 9.46. The fourth-order valence-electron chi connectivity index (χ4n) is 16.4. The zero-order chi connectivity index (χ0) is 58.7. The number of aliphatic hydroxyl groups is 6. The lowest BCUT2D eigenvalue weighted by Gasteiger charge is -2.59. The van der Waals surface area contributed by atoms with Crippen LogP contribution in [-0.2, 0) is 42.8 Å². The molecule has 7 aliphatic rings. The molecule has 7 rings (SSSR count). The van der Waals surface area contributed by atoms with Crippen molar-refractivity contribution >= 4 is 17.7 Å². The predicted octanol–water partition coefficient (Wildman–Crippen LogP) is 5.06. The molecule has 0 radical (unpaired) electrons. The van der Waals surface area contributed by atoms with Crippen LogP contribution in [0.2, 0.25) is 0 Å². The van der Waals surface area contributed by atoms with Crippen molar-refractivity contribution in [3.8, 4) is 0 Å². The molecule has 0 aromatic rings. The molecule has 4 aliphatic carbocycles. The van der Waals surface area contributed by atoms with Gasteiger partial charge in [0.2, 0.25) is 0 Å². The summed E-state index contributed by atoms with van der Waals surface area (Å²) in [6.07, 6.45) is 0.166. The van der Waals surface area contributed by atoms with Gasteiger partial charge in [0, 0.05) is 73.8 Å². The first-order valence-corrected chi connectivity index (χ1v) is 29.9. The van der Waals surface area contributed by atoms with Crippen molar-refractivity contribution in [3.05, 3.63) is 23.8 Å². The van der Waals surface area contributed by atoms with Gasteiger partial charge in [-0.2, -0.15) is 0 Å². The minimum Gasteiger partial charge on any atom is -0.459 e. The monoisotopic (exact) mass is 1120 g/mol. The van der Waals surface area contributed by atoms with E-state index in [1.165, 1.54) is 6.92 Å². The van der Waals surface area contributed by atoms with Crippen molar-refractivity contribution in [1.82, 2.24) is 15.1 Å². The number of nitrogens with one attached hydrogen (secondary N) is 1. The number of methoxy groups -OCH3 is 1. The van der Waals surface area contributed by atoms with E-state index in [4.69, 9.17) is 28.4 Å². The Morgan fingerprint density at radius 3 is 2.25 bits per heavy atom. The summed E-state index contributed by atoms with van der Waals surface area (Å²) in [5, 5.41) is 77.2. The van der Waals surface area contributed by atoms with Crippen LogP contribution >= 0.6 is 0 Å². The number of nitrogens with zero attached hydrogens (tertiary/aromatic N) is 2. The summed E-state index contributed by atoms with van der Waals surface area (Å²) in [6.45, 7) is 25.0. The van der Waals surface area contributed by atoms with E-state index < -0.39 is 112 Å². The summed E-state index contributed by atoms with van der Waals surface area (Å²) < 4.78 is 39.0. The van der Waals surface area contributed by atoms with Gasteiger partial charge in [0.25, 0.3) is 5.91 Å². The normalized spacial score (nSPS) is 49.4. The number of cyclic esters (lactones) is 1. The number of rotatable bonds is 12. The number of likely N-dealkylation sites (N-methyl/N-ethyl adjacent to an activating group) is 1. The molecule has 3 heterocycles. The molecule has 25 atom stereocenters. The van der Waals surface area contributed by atoms with E-state index in [0.717, 1.165) is 18.4 Å². The summed E-state index contributed by atoms with van der Waals surface area (Å²) in [6, 6.07) is -1.06. The molecule has 7 unspecified atom stereocenters. The molecular weight excluding hydrogens is 1010 g/mol. The Balaban J connectivity index is 1.15. The molecule has 18 heteroatoms. The summed E-state index contributed by atoms with van der Waals surface area (Å²) in [4.78, 5) is 45.5. The number of ketones is 1. The third kappa shape index (κ3) is 12.3. The van der Waals surface area contributed by atoms with Gasteiger partial charge >= 0.3 is 5.97 Å². The van der Waals surface area contributed by atoms with Gasteiger partial charge in [-0.15, -0.1) is 0 Å². The molecule has 1 amide bonds. The number of carbonyl (C=O) groups is 3. The van der Waals surface area contributed by atoms with E-state index in [9.17, 15) is 45.0 Å². The summed E-state index contributed by atoms with van der Waals surface area (Å²) >= 11 is 0. The molecule has 0 aromatic heterocycles. The number of hydrogen-bond donors (Lipinski definition) is 7. The molecule has 0 bridgehead atoms. The SMILES string of the molecule is CC[C@H]1OC(=O)[C@H](C)[C@@H](OC2C[C@](C)(OC)[C@H](C)C(C)O2)[C@H](C)[C@@H](OC2OC(C)C[C@@H](N(C)C)[C@H]2O)[C@](C)(O)C[C@@H](C)CN(CCCNC(=O)[C@@]2(O)CCC3C4CCC5=CC(=O)C=C[C@]5(C)C4[C@@H](O)C[C@@]32C)[C@H](C)[C@@H](O)[C@]1(C)O. The van der Waals surface area contributed by atoms with Gasteiger partial charge in [0.05, 0.1) is 47.6 Å². The standard InChI is InChI=1S/C61H103N3O15/c1-17-46-60(13,72)51(68)38(7)64(26-18-25-62-55(70)61(73)24-22-43-42-20-19-40-28-41(65)21-23-56(40,9)48(42)45(66)30-57(43,61)10)32-33(2)29-58(11,71)52(79-54-49(67)44(63(14)15)27-34(3)75-54)35(4)50(36(5)53(69)77-46)78-47-31-59(12,74-16)37(6)39(8)76-47/h21,23,28,33-39,42-52,54,66-68,71-73H,17-20,22,24-27,29-32H2,1-16H3,(H,62,70)/t33-,34?,35+,36-,37-,38-,39?,42?,43?,44-,45+,46-,47?,48?,49-,50+,51-,52-,54?,56+,57+,58-,59+,60-,61+/m1/s1. The Morgan fingerprint density at radius 1 is 0.924 bits per heavy atom. The van der Waals surface area contributed by atoms with E-state index >= 15 is 0 Å². The Morgan fingerprint density at radius 2 is 1.61 bits per heavy atom. The van der Waals surface area contributed by atoms with E-state index in [2.05, 4.69) is 19.2 Å². The molecule has 79 heavy (non-hydrogen) atoms. The van der Waals surface area contributed by atoms with Crippen LogP contribution in [-0.4, -0.2) is 195 Å². The average molecular weight is 1120 g/mol. The third-order valence-corrected chi connectivity index (χ3v) is 21.6. The van der Waals surface area contributed by atoms with Crippen LogP contribution in [0.4, 0.5) is 0 Å². The fraction of sp³-hybridized carbons (Fsp3) is 0.885. The summed E-state index contributed by atoms with van der Waals surface area (Å²) in [7, 11) is 5.43. The van der Waals surface area contributed by atoms with Crippen LogP contribution in [0.25, 0.3) is 0 Å². The van der Waals surface area contributed by atoms with Gasteiger partial charge in [-0.3, -0.25) is 19.3 Å². The van der Waals surface area contributed by atoms with Crippen LogP contribution in [0.1, 0.15) is 154 Å². The second kappa shape index (κ2) is 24.3. The Labute approximate surface area is 471 Å². The van der Waals surface area contributed by atoms with Crippen LogP contribution in [0.3, 0.4) is 0 Å². The van der Waals surface area contributed by atoms with Gasteiger partial charge in [0.1, 0.15) is 29.5 Å². The maximum Gasteiger partial charge on any atom is 0.311 e. The number of esters is 1. The number of carbonyl (C=O) groups excluding carboxylic acids is 3. The van der Waals surface area contributed by atoms with Gasteiger partial charge in [-0.05, 0) is 150 Å². The highest BCUT2D eigenvalue weighted by Crippen LogP contribution is 2.67. The van der Waals surface area contributed by atoms with Crippen LogP contribution in [0.5, 0.6) is 0 Å².